The Bertz CT molecular complexity index is 1410. The van der Waals surface area contributed by atoms with Crippen LogP contribution in [0.25, 0.3) is 10.9 Å². The zero-order valence-electron chi connectivity index (χ0n) is 18.7. The smallest absolute Gasteiger partial charge is 0.304 e. The van der Waals surface area contributed by atoms with Gasteiger partial charge in [0.15, 0.2) is 0 Å². The number of aromatic nitrogens is 2. The largest absolute Gasteiger partial charge is 0.487 e. The minimum Gasteiger partial charge on any atom is -0.487 e. The van der Waals surface area contributed by atoms with Crippen molar-refractivity contribution in [3.05, 3.63) is 99.7 Å². The summed E-state index contributed by atoms with van der Waals surface area (Å²) in [5.74, 6) is -0.0485. The number of aliphatic carboxylic acids is 1. The van der Waals surface area contributed by atoms with Crippen molar-refractivity contribution in [2.75, 3.05) is 5.75 Å². The number of thioether (sulfide) groups is 1. The minimum atomic E-state index is -0.814. The molecule has 2 aromatic heterocycles. The lowest BCUT2D eigenvalue weighted by molar-refractivity contribution is -0.136. The van der Waals surface area contributed by atoms with Crippen molar-refractivity contribution >= 4 is 40.2 Å². The van der Waals surface area contributed by atoms with Gasteiger partial charge in [0.25, 0.3) is 0 Å². The Morgan fingerprint density at radius 3 is 2.89 bits per heavy atom. The molecule has 1 N–H and O–H groups in total. The van der Waals surface area contributed by atoms with Crippen LogP contribution in [-0.4, -0.2) is 26.8 Å². The van der Waals surface area contributed by atoms with Crippen LogP contribution in [0.2, 0.25) is 5.02 Å². The van der Waals surface area contributed by atoms with E-state index >= 15 is 0 Å². The number of benzene rings is 2. The van der Waals surface area contributed by atoms with Crippen LogP contribution in [0.1, 0.15) is 39.7 Å². The Morgan fingerprint density at radius 2 is 2.03 bits per heavy atom. The molecule has 0 fully saturated rings. The van der Waals surface area contributed by atoms with Gasteiger partial charge in [0.05, 0.1) is 22.9 Å². The van der Waals surface area contributed by atoms with Crippen LogP contribution in [0.3, 0.4) is 0 Å². The number of ether oxygens (including phenoxy) is 1. The molecule has 2 heterocycles. The second kappa shape index (κ2) is 10.2. The van der Waals surface area contributed by atoms with Crippen LogP contribution >= 0.6 is 23.4 Å². The fourth-order valence-electron chi connectivity index (χ4n) is 4.34. The van der Waals surface area contributed by atoms with Crippen LogP contribution in [0.15, 0.2) is 60.8 Å². The highest BCUT2D eigenvalue weighted by atomic mass is 35.5. The number of carboxylic acids is 1. The highest BCUT2D eigenvalue weighted by Crippen LogP contribution is 2.42. The van der Waals surface area contributed by atoms with E-state index in [9.17, 15) is 9.18 Å². The van der Waals surface area contributed by atoms with Crippen molar-refractivity contribution in [2.24, 2.45) is 0 Å². The van der Waals surface area contributed by atoms with E-state index in [1.165, 1.54) is 11.6 Å². The van der Waals surface area contributed by atoms with Gasteiger partial charge in [-0.1, -0.05) is 23.7 Å². The molecule has 5 nitrogen and oxygen atoms in total. The number of carboxylic acid groups (broad SMARTS) is 1. The number of halogens is 2. The van der Waals surface area contributed by atoms with E-state index in [1.54, 1.807) is 36.2 Å². The summed E-state index contributed by atoms with van der Waals surface area (Å²) in [6.07, 6.45) is 3.55. The minimum absolute atomic E-state index is 0.0440. The maximum absolute atomic E-state index is 14.6. The maximum Gasteiger partial charge on any atom is 0.304 e. The molecule has 8 heteroatoms. The van der Waals surface area contributed by atoms with E-state index in [1.807, 2.05) is 18.2 Å². The average molecular weight is 509 g/mol. The van der Waals surface area contributed by atoms with Gasteiger partial charge in [0, 0.05) is 28.1 Å². The van der Waals surface area contributed by atoms with Crippen LogP contribution in [0.5, 0.6) is 5.75 Å². The Balaban J connectivity index is 1.42. The van der Waals surface area contributed by atoms with Gasteiger partial charge >= 0.3 is 5.97 Å². The first kappa shape index (κ1) is 23.6. The number of nitrogens with zero attached hydrogens (tertiary/aromatic N) is 2. The Labute approximate surface area is 211 Å². The molecular weight excluding hydrogens is 487 g/mol. The SMILES string of the molecule is O=C(O)CCSC1c2cc(OCc3cc(F)c4ccc(Cl)cc4n3)ccc2CCc2ncccc21. The quantitative estimate of drug-likeness (QED) is 0.311. The lowest BCUT2D eigenvalue weighted by Crippen LogP contribution is -2.05. The number of pyridine rings is 2. The summed E-state index contributed by atoms with van der Waals surface area (Å²) >= 11 is 7.65. The van der Waals surface area contributed by atoms with Gasteiger partial charge in [-0.05, 0) is 72.0 Å². The summed E-state index contributed by atoms with van der Waals surface area (Å²) in [7, 11) is 0. The molecule has 1 atom stereocenters. The third-order valence-corrected chi connectivity index (χ3v) is 7.52. The van der Waals surface area contributed by atoms with Crippen LogP contribution < -0.4 is 4.74 Å². The summed E-state index contributed by atoms with van der Waals surface area (Å²) in [5.41, 5.74) is 5.37. The standard InChI is InChI=1S/C27H22ClFN2O3S/c28-17-5-7-20-23(29)13-18(31-25(20)12-17)15-34-19-6-3-16-4-8-24-21(2-1-10-30-24)27(22(16)14-19)35-11-9-26(32)33/h1-3,5-7,10,12-14,27H,4,8-9,11,15H2,(H,32,33). The van der Waals surface area contributed by atoms with E-state index in [-0.39, 0.29) is 24.1 Å². The number of fused-ring (bicyclic) bond motifs is 3. The first-order chi connectivity index (χ1) is 17.0. The van der Waals surface area contributed by atoms with Crippen molar-refractivity contribution in [3.8, 4) is 5.75 Å². The van der Waals surface area contributed by atoms with E-state index < -0.39 is 5.97 Å². The molecule has 1 unspecified atom stereocenters. The molecule has 0 amide bonds. The van der Waals surface area contributed by atoms with Crippen LogP contribution in [0.4, 0.5) is 4.39 Å². The Morgan fingerprint density at radius 1 is 1.14 bits per heavy atom. The maximum atomic E-state index is 14.6. The molecule has 0 aliphatic heterocycles. The first-order valence-electron chi connectivity index (χ1n) is 11.3. The van der Waals surface area contributed by atoms with Crippen LogP contribution in [-0.2, 0) is 24.2 Å². The second-order valence-corrected chi connectivity index (χ2v) is 9.99. The second-order valence-electron chi connectivity index (χ2n) is 8.34. The highest BCUT2D eigenvalue weighted by Gasteiger charge is 2.25. The molecule has 0 spiro atoms. The molecule has 178 valence electrons. The number of hydrogen-bond donors (Lipinski definition) is 1. The van der Waals surface area contributed by atoms with Crippen molar-refractivity contribution < 1.29 is 19.0 Å². The molecule has 5 rings (SSSR count). The van der Waals surface area contributed by atoms with Crippen molar-refractivity contribution in [1.29, 1.82) is 0 Å². The van der Waals surface area contributed by atoms with Gasteiger partial charge in [-0.3, -0.25) is 9.78 Å². The van der Waals surface area contributed by atoms with E-state index in [0.29, 0.717) is 33.1 Å². The molecular formula is C27H22ClFN2O3S. The Kier molecular flexibility index (Phi) is 6.88. The van der Waals surface area contributed by atoms with Crippen molar-refractivity contribution in [3.63, 3.8) is 0 Å². The summed E-state index contributed by atoms with van der Waals surface area (Å²) in [5, 5.41) is 9.99. The van der Waals surface area contributed by atoms with Gasteiger partial charge in [-0.15, -0.1) is 11.8 Å². The number of rotatable bonds is 7. The van der Waals surface area contributed by atoms with Gasteiger partial charge in [0.1, 0.15) is 18.2 Å². The molecule has 0 saturated carbocycles. The summed E-state index contributed by atoms with van der Waals surface area (Å²) in [6.45, 7) is 0.104. The van der Waals surface area contributed by atoms with Gasteiger partial charge in [0.2, 0.25) is 0 Å². The molecule has 35 heavy (non-hydrogen) atoms. The number of aryl methyl sites for hydroxylation is 2. The molecule has 1 aliphatic carbocycles. The first-order valence-corrected chi connectivity index (χ1v) is 12.7. The highest BCUT2D eigenvalue weighted by molar-refractivity contribution is 7.99. The number of hydrogen-bond acceptors (Lipinski definition) is 5. The third-order valence-electron chi connectivity index (χ3n) is 6.00. The lowest BCUT2D eigenvalue weighted by Gasteiger charge is -2.20. The molecule has 0 saturated heterocycles. The fraction of sp³-hybridized carbons (Fsp3) is 0.222. The summed E-state index contributed by atoms with van der Waals surface area (Å²) in [6, 6.07) is 16.2. The predicted molar refractivity (Wildman–Crippen MR) is 136 cm³/mol. The monoisotopic (exact) mass is 508 g/mol. The molecule has 1 aliphatic rings. The normalized spacial score (nSPS) is 14.7. The van der Waals surface area contributed by atoms with Gasteiger partial charge in [-0.25, -0.2) is 9.37 Å². The zero-order chi connectivity index (χ0) is 24.4. The van der Waals surface area contributed by atoms with Crippen LogP contribution in [0, 0.1) is 5.82 Å². The number of carbonyl (C=O) groups is 1. The average Bonchev–Trinajstić information content (AvgIpc) is 2.99. The molecule has 2 aromatic carbocycles. The van der Waals surface area contributed by atoms with E-state index in [2.05, 4.69) is 22.1 Å². The van der Waals surface area contributed by atoms with E-state index in [4.69, 9.17) is 21.4 Å². The fourth-order valence-corrected chi connectivity index (χ4v) is 5.83. The van der Waals surface area contributed by atoms with E-state index in [0.717, 1.165) is 29.7 Å². The third kappa shape index (κ3) is 5.26. The summed E-state index contributed by atoms with van der Waals surface area (Å²) in [4.78, 5) is 20.2. The van der Waals surface area contributed by atoms with Gasteiger partial charge < -0.3 is 9.84 Å². The van der Waals surface area contributed by atoms with Crippen molar-refractivity contribution in [2.45, 2.75) is 31.1 Å². The molecule has 0 bridgehead atoms. The summed E-state index contributed by atoms with van der Waals surface area (Å²) < 4.78 is 20.6. The lowest BCUT2D eigenvalue weighted by atomic mass is 10.0. The zero-order valence-corrected chi connectivity index (χ0v) is 20.3. The topological polar surface area (TPSA) is 72.3 Å². The molecule has 0 radical (unpaired) electrons. The predicted octanol–water partition coefficient (Wildman–Crippen LogP) is 6.40. The molecule has 4 aromatic rings. The Hall–Kier alpha value is -3.16. The van der Waals surface area contributed by atoms with Gasteiger partial charge in [-0.2, -0.15) is 0 Å². The van der Waals surface area contributed by atoms with Crippen molar-refractivity contribution in [1.82, 2.24) is 9.97 Å².